The van der Waals surface area contributed by atoms with Gasteiger partial charge in [0.2, 0.25) is 0 Å². The maximum absolute atomic E-state index is 12.0. The number of benzene rings is 2. The molecule has 5 heteroatoms. The SMILES string of the molecule is Nc1cc(Br)ccc1C(=O)Nc1cccc(Br)c1. The van der Waals surface area contributed by atoms with E-state index in [1.165, 1.54) is 0 Å². The minimum Gasteiger partial charge on any atom is -0.398 e. The van der Waals surface area contributed by atoms with Gasteiger partial charge in [-0.3, -0.25) is 4.79 Å². The highest BCUT2D eigenvalue weighted by molar-refractivity contribution is 9.10. The molecule has 0 aliphatic carbocycles. The standard InChI is InChI=1S/C13H10Br2N2O/c14-8-2-1-3-10(6-8)17-13(18)11-5-4-9(15)7-12(11)16/h1-7H,16H2,(H,17,18). The van der Waals surface area contributed by atoms with Crippen LogP contribution in [-0.4, -0.2) is 5.91 Å². The molecule has 1 amide bonds. The number of nitrogens with one attached hydrogen (secondary N) is 1. The summed E-state index contributed by atoms with van der Waals surface area (Å²) in [5, 5.41) is 2.80. The lowest BCUT2D eigenvalue weighted by atomic mass is 10.1. The monoisotopic (exact) mass is 368 g/mol. The van der Waals surface area contributed by atoms with E-state index in [1.807, 2.05) is 24.3 Å². The number of halogens is 2. The zero-order chi connectivity index (χ0) is 13.1. The molecule has 0 radical (unpaired) electrons. The Bertz CT molecular complexity index is 599. The second kappa shape index (κ2) is 5.54. The summed E-state index contributed by atoms with van der Waals surface area (Å²) in [6.45, 7) is 0. The van der Waals surface area contributed by atoms with Crippen molar-refractivity contribution in [2.45, 2.75) is 0 Å². The first kappa shape index (κ1) is 13.1. The summed E-state index contributed by atoms with van der Waals surface area (Å²) in [6.07, 6.45) is 0. The molecular weight excluding hydrogens is 360 g/mol. The van der Waals surface area contributed by atoms with E-state index in [-0.39, 0.29) is 5.91 Å². The van der Waals surface area contributed by atoms with Crippen molar-refractivity contribution in [3.05, 3.63) is 57.0 Å². The van der Waals surface area contributed by atoms with Crippen molar-refractivity contribution in [1.82, 2.24) is 0 Å². The lowest BCUT2D eigenvalue weighted by molar-refractivity contribution is 0.102. The van der Waals surface area contributed by atoms with Crippen LogP contribution in [0.4, 0.5) is 11.4 Å². The number of carbonyl (C=O) groups is 1. The number of nitrogens with two attached hydrogens (primary N) is 1. The van der Waals surface area contributed by atoms with E-state index in [1.54, 1.807) is 18.2 Å². The predicted octanol–water partition coefficient (Wildman–Crippen LogP) is 4.05. The molecule has 2 aromatic rings. The van der Waals surface area contributed by atoms with Crippen LogP contribution < -0.4 is 11.1 Å². The van der Waals surface area contributed by atoms with Crippen molar-refractivity contribution >= 4 is 49.1 Å². The Kier molecular flexibility index (Phi) is 4.04. The summed E-state index contributed by atoms with van der Waals surface area (Å²) >= 11 is 6.65. The van der Waals surface area contributed by atoms with E-state index in [0.29, 0.717) is 11.3 Å². The molecule has 0 aliphatic heterocycles. The van der Waals surface area contributed by atoms with Crippen LogP contribution in [0.2, 0.25) is 0 Å². The quantitative estimate of drug-likeness (QED) is 0.784. The third-order valence-electron chi connectivity index (χ3n) is 2.34. The van der Waals surface area contributed by atoms with Gasteiger partial charge in [-0.25, -0.2) is 0 Å². The van der Waals surface area contributed by atoms with Crippen molar-refractivity contribution in [3.63, 3.8) is 0 Å². The van der Waals surface area contributed by atoms with Crippen LogP contribution in [0, 0.1) is 0 Å². The lowest BCUT2D eigenvalue weighted by Crippen LogP contribution is -2.13. The fraction of sp³-hybridized carbons (Fsp3) is 0. The highest BCUT2D eigenvalue weighted by Crippen LogP contribution is 2.21. The van der Waals surface area contributed by atoms with Gasteiger partial charge < -0.3 is 11.1 Å². The maximum Gasteiger partial charge on any atom is 0.257 e. The Morgan fingerprint density at radius 1 is 1.06 bits per heavy atom. The minimum atomic E-state index is -0.224. The molecule has 0 saturated carbocycles. The molecule has 0 atom stereocenters. The fourth-order valence-electron chi connectivity index (χ4n) is 1.51. The third kappa shape index (κ3) is 3.11. The van der Waals surface area contributed by atoms with Gasteiger partial charge in [0.15, 0.2) is 0 Å². The van der Waals surface area contributed by atoms with Crippen molar-refractivity contribution in [2.75, 3.05) is 11.1 Å². The number of carbonyl (C=O) groups excluding carboxylic acids is 1. The Hall–Kier alpha value is -1.33. The number of rotatable bonds is 2. The van der Waals surface area contributed by atoms with Crippen LogP contribution in [-0.2, 0) is 0 Å². The van der Waals surface area contributed by atoms with Gasteiger partial charge in [0.1, 0.15) is 0 Å². The molecule has 18 heavy (non-hydrogen) atoms. The average molecular weight is 370 g/mol. The van der Waals surface area contributed by atoms with Crippen LogP contribution in [0.5, 0.6) is 0 Å². The zero-order valence-corrected chi connectivity index (χ0v) is 12.5. The van der Waals surface area contributed by atoms with Gasteiger partial charge in [0.25, 0.3) is 5.91 Å². The first-order valence-corrected chi connectivity index (χ1v) is 6.77. The molecule has 92 valence electrons. The molecule has 0 heterocycles. The summed E-state index contributed by atoms with van der Waals surface area (Å²) in [7, 11) is 0. The normalized spacial score (nSPS) is 10.1. The minimum absolute atomic E-state index is 0.224. The lowest BCUT2D eigenvalue weighted by Gasteiger charge is -2.08. The summed E-state index contributed by atoms with van der Waals surface area (Å²) in [6, 6.07) is 12.6. The third-order valence-corrected chi connectivity index (χ3v) is 3.33. The second-order valence-electron chi connectivity index (χ2n) is 3.70. The van der Waals surface area contributed by atoms with Gasteiger partial charge in [0, 0.05) is 20.3 Å². The predicted molar refractivity (Wildman–Crippen MR) is 80.6 cm³/mol. The van der Waals surface area contributed by atoms with Crippen LogP contribution in [0.3, 0.4) is 0 Å². The van der Waals surface area contributed by atoms with Crippen molar-refractivity contribution < 1.29 is 4.79 Å². The first-order chi connectivity index (χ1) is 8.56. The highest BCUT2D eigenvalue weighted by Gasteiger charge is 2.10. The van der Waals surface area contributed by atoms with Gasteiger partial charge in [-0.15, -0.1) is 0 Å². The molecule has 3 N–H and O–H groups in total. The molecule has 0 unspecified atom stereocenters. The van der Waals surface area contributed by atoms with Crippen LogP contribution in [0.25, 0.3) is 0 Å². The summed E-state index contributed by atoms with van der Waals surface area (Å²) in [5.41, 5.74) is 7.42. The van der Waals surface area contributed by atoms with Crippen molar-refractivity contribution in [2.24, 2.45) is 0 Å². The molecule has 2 rings (SSSR count). The Labute approximate surface area is 122 Å². The fourth-order valence-corrected chi connectivity index (χ4v) is 2.28. The van der Waals surface area contributed by atoms with Gasteiger partial charge in [-0.05, 0) is 36.4 Å². The van der Waals surface area contributed by atoms with Gasteiger partial charge in [-0.1, -0.05) is 37.9 Å². The number of hydrogen-bond acceptors (Lipinski definition) is 2. The molecule has 0 fully saturated rings. The van der Waals surface area contributed by atoms with Gasteiger partial charge >= 0.3 is 0 Å². The summed E-state index contributed by atoms with van der Waals surface area (Å²) in [4.78, 5) is 12.0. The van der Waals surface area contributed by atoms with E-state index in [0.717, 1.165) is 14.6 Å². The van der Waals surface area contributed by atoms with E-state index >= 15 is 0 Å². The summed E-state index contributed by atoms with van der Waals surface area (Å²) in [5.74, 6) is -0.224. The average Bonchev–Trinajstić information content (AvgIpc) is 2.28. The van der Waals surface area contributed by atoms with Crippen LogP contribution >= 0.6 is 31.9 Å². The highest BCUT2D eigenvalue weighted by atomic mass is 79.9. The number of hydrogen-bond donors (Lipinski definition) is 2. The second-order valence-corrected chi connectivity index (χ2v) is 5.53. The summed E-state index contributed by atoms with van der Waals surface area (Å²) < 4.78 is 1.75. The molecular formula is C13H10Br2N2O. The molecule has 0 aliphatic rings. The Balaban J connectivity index is 2.22. The smallest absolute Gasteiger partial charge is 0.257 e. The number of nitrogen functional groups attached to an aromatic ring is 1. The maximum atomic E-state index is 12.0. The Morgan fingerprint density at radius 3 is 2.44 bits per heavy atom. The van der Waals surface area contributed by atoms with E-state index < -0.39 is 0 Å². The first-order valence-electron chi connectivity index (χ1n) is 5.18. The molecule has 3 nitrogen and oxygen atoms in total. The van der Waals surface area contributed by atoms with E-state index in [9.17, 15) is 4.79 Å². The molecule has 0 bridgehead atoms. The number of amides is 1. The largest absolute Gasteiger partial charge is 0.398 e. The Morgan fingerprint density at radius 2 is 1.78 bits per heavy atom. The van der Waals surface area contributed by atoms with Crippen LogP contribution in [0.1, 0.15) is 10.4 Å². The zero-order valence-electron chi connectivity index (χ0n) is 9.28. The number of anilines is 2. The van der Waals surface area contributed by atoms with Crippen molar-refractivity contribution in [3.8, 4) is 0 Å². The molecule has 0 saturated heterocycles. The molecule has 0 spiro atoms. The molecule has 2 aromatic carbocycles. The molecule has 0 aromatic heterocycles. The topological polar surface area (TPSA) is 55.1 Å². The van der Waals surface area contributed by atoms with Crippen molar-refractivity contribution in [1.29, 1.82) is 0 Å². The van der Waals surface area contributed by atoms with Gasteiger partial charge in [0.05, 0.1) is 5.56 Å². The van der Waals surface area contributed by atoms with Gasteiger partial charge in [-0.2, -0.15) is 0 Å². The van der Waals surface area contributed by atoms with E-state index in [4.69, 9.17) is 5.73 Å². The van der Waals surface area contributed by atoms with Crippen LogP contribution in [0.15, 0.2) is 51.4 Å². The van der Waals surface area contributed by atoms with E-state index in [2.05, 4.69) is 37.2 Å².